The minimum Gasteiger partial charge on any atom is -0.344 e. The van der Waals surface area contributed by atoms with Gasteiger partial charge >= 0.3 is 0 Å². The van der Waals surface area contributed by atoms with E-state index in [1.165, 1.54) is 0 Å². The van der Waals surface area contributed by atoms with Crippen molar-refractivity contribution in [3.05, 3.63) is 0 Å². The van der Waals surface area contributed by atoms with Crippen LogP contribution in [0.15, 0.2) is 4.99 Å². The maximum absolute atomic E-state index is 4.92. The van der Waals surface area contributed by atoms with Crippen molar-refractivity contribution in [1.29, 1.82) is 0 Å². The molecule has 3 nitrogen and oxygen atoms in total. The zero-order valence-corrected chi connectivity index (χ0v) is 12.0. The highest BCUT2D eigenvalue weighted by atomic mass is 15.4. The second kappa shape index (κ2) is 4.27. The van der Waals surface area contributed by atoms with E-state index in [0.29, 0.717) is 0 Å². The van der Waals surface area contributed by atoms with Crippen molar-refractivity contribution in [2.75, 3.05) is 20.1 Å². The van der Waals surface area contributed by atoms with Crippen LogP contribution in [-0.4, -0.2) is 47.0 Å². The van der Waals surface area contributed by atoms with E-state index in [1.54, 1.807) is 0 Å². The van der Waals surface area contributed by atoms with Gasteiger partial charge < -0.3 is 9.80 Å². The summed E-state index contributed by atoms with van der Waals surface area (Å²) in [5.41, 5.74) is 0.199. The number of likely N-dealkylation sites (N-methyl/N-ethyl adjacent to an activating group) is 1. The van der Waals surface area contributed by atoms with Gasteiger partial charge in [-0.25, -0.2) is 4.99 Å². The van der Waals surface area contributed by atoms with Crippen molar-refractivity contribution in [1.82, 2.24) is 9.80 Å². The van der Waals surface area contributed by atoms with Gasteiger partial charge in [0.2, 0.25) is 0 Å². The van der Waals surface area contributed by atoms with E-state index in [9.17, 15) is 0 Å². The predicted molar refractivity (Wildman–Crippen MR) is 70.9 cm³/mol. The molecule has 1 heterocycles. The molecule has 1 saturated heterocycles. The molecule has 0 bridgehead atoms. The monoisotopic (exact) mass is 225 g/mol. The number of guanidine groups is 1. The van der Waals surface area contributed by atoms with Crippen molar-refractivity contribution in [2.24, 2.45) is 4.99 Å². The van der Waals surface area contributed by atoms with Gasteiger partial charge in [-0.1, -0.05) is 6.92 Å². The van der Waals surface area contributed by atoms with Crippen LogP contribution in [0.5, 0.6) is 0 Å². The summed E-state index contributed by atoms with van der Waals surface area (Å²) < 4.78 is 0. The van der Waals surface area contributed by atoms with Crippen LogP contribution in [0, 0.1) is 0 Å². The van der Waals surface area contributed by atoms with E-state index in [0.717, 1.165) is 25.5 Å². The van der Waals surface area contributed by atoms with Gasteiger partial charge in [0, 0.05) is 25.7 Å². The molecule has 0 spiro atoms. The first-order valence-electron chi connectivity index (χ1n) is 6.26. The van der Waals surface area contributed by atoms with Crippen LogP contribution in [0.1, 0.15) is 48.0 Å². The third-order valence-electron chi connectivity index (χ3n) is 3.32. The van der Waals surface area contributed by atoms with Crippen molar-refractivity contribution in [3.63, 3.8) is 0 Å². The number of hydrogen-bond acceptors (Lipinski definition) is 1. The third kappa shape index (κ3) is 2.89. The molecule has 0 aromatic carbocycles. The minimum atomic E-state index is 0.0391. The standard InChI is InChI=1S/C13H27N3/c1-8-13(5,6)14-11-15(7)9-10-16(11)12(2,3)4/h8-10H2,1-7H3. The maximum atomic E-state index is 4.92. The highest BCUT2D eigenvalue weighted by Gasteiger charge is 2.33. The van der Waals surface area contributed by atoms with Gasteiger partial charge in [-0.05, 0) is 41.0 Å². The lowest BCUT2D eigenvalue weighted by Gasteiger charge is -2.35. The van der Waals surface area contributed by atoms with Gasteiger partial charge in [0.25, 0.3) is 0 Å². The fourth-order valence-electron chi connectivity index (χ4n) is 1.79. The first-order chi connectivity index (χ1) is 7.17. The van der Waals surface area contributed by atoms with Gasteiger partial charge in [-0.3, -0.25) is 0 Å². The lowest BCUT2D eigenvalue weighted by atomic mass is 10.0. The van der Waals surface area contributed by atoms with Crippen LogP contribution in [0.3, 0.4) is 0 Å². The van der Waals surface area contributed by atoms with Crippen LogP contribution in [0.25, 0.3) is 0 Å². The molecular weight excluding hydrogens is 198 g/mol. The van der Waals surface area contributed by atoms with Crippen LogP contribution in [-0.2, 0) is 0 Å². The molecule has 3 heteroatoms. The topological polar surface area (TPSA) is 18.8 Å². The summed E-state index contributed by atoms with van der Waals surface area (Å²) in [6.45, 7) is 15.5. The van der Waals surface area contributed by atoms with Gasteiger partial charge in [0.1, 0.15) is 0 Å². The van der Waals surface area contributed by atoms with E-state index in [2.05, 4.69) is 58.4 Å². The van der Waals surface area contributed by atoms with Gasteiger partial charge in [-0.2, -0.15) is 0 Å². The van der Waals surface area contributed by atoms with E-state index >= 15 is 0 Å². The summed E-state index contributed by atoms with van der Waals surface area (Å²) in [6, 6.07) is 0. The molecule has 0 aromatic heterocycles. The largest absolute Gasteiger partial charge is 0.344 e. The Morgan fingerprint density at radius 2 is 1.69 bits per heavy atom. The molecule has 0 radical (unpaired) electrons. The summed E-state index contributed by atoms with van der Waals surface area (Å²) in [4.78, 5) is 9.60. The third-order valence-corrected chi connectivity index (χ3v) is 3.32. The summed E-state index contributed by atoms with van der Waals surface area (Å²) in [5, 5.41) is 0. The molecule has 0 saturated carbocycles. The SMILES string of the molecule is CCC(C)(C)N=C1N(C)CCN1C(C)(C)C. The lowest BCUT2D eigenvalue weighted by Crippen LogP contribution is -2.45. The number of nitrogens with zero attached hydrogens (tertiary/aromatic N) is 3. The molecular formula is C13H27N3. The molecule has 1 fully saturated rings. The molecule has 0 unspecified atom stereocenters. The summed E-state index contributed by atoms with van der Waals surface area (Å²) in [5.74, 6) is 1.15. The number of hydrogen-bond donors (Lipinski definition) is 0. The number of aliphatic imine (C=N–C) groups is 1. The Bertz CT molecular complexity index is 273. The molecule has 0 amide bonds. The van der Waals surface area contributed by atoms with Crippen LogP contribution in [0.4, 0.5) is 0 Å². The van der Waals surface area contributed by atoms with E-state index in [-0.39, 0.29) is 11.1 Å². The Hall–Kier alpha value is -0.730. The Morgan fingerprint density at radius 1 is 1.12 bits per heavy atom. The molecule has 1 aliphatic heterocycles. The van der Waals surface area contributed by atoms with E-state index < -0.39 is 0 Å². The molecule has 0 aromatic rings. The Morgan fingerprint density at radius 3 is 2.12 bits per heavy atom. The normalized spacial score (nSPS) is 21.1. The highest BCUT2D eigenvalue weighted by molar-refractivity contribution is 5.82. The van der Waals surface area contributed by atoms with Crippen molar-refractivity contribution in [3.8, 4) is 0 Å². The summed E-state index contributed by atoms with van der Waals surface area (Å²) in [7, 11) is 2.14. The van der Waals surface area contributed by atoms with Gasteiger partial charge in [0.05, 0.1) is 5.54 Å². The second-order valence-corrected chi connectivity index (χ2v) is 6.32. The average molecular weight is 225 g/mol. The average Bonchev–Trinajstić information content (AvgIpc) is 2.47. The van der Waals surface area contributed by atoms with Crippen molar-refractivity contribution in [2.45, 2.75) is 59.0 Å². The zero-order chi connectivity index (χ0) is 12.6. The van der Waals surface area contributed by atoms with E-state index in [4.69, 9.17) is 4.99 Å². The van der Waals surface area contributed by atoms with Crippen molar-refractivity contribution < 1.29 is 0 Å². The second-order valence-electron chi connectivity index (χ2n) is 6.32. The van der Waals surface area contributed by atoms with Crippen LogP contribution >= 0.6 is 0 Å². The van der Waals surface area contributed by atoms with E-state index in [1.807, 2.05) is 0 Å². The molecule has 16 heavy (non-hydrogen) atoms. The Balaban J connectivity index is 2.99. The molecule has 1 aliphatic rings. The van der Waals surface area contributed by atoms with Crippen LogP contribution in [0.2, 0.25) is 0 Å². The Labute approximate surface area is 101 Å². The molecule has 0 aliphatic carbocycles. The molecule has 0 N–H and O–H groups in total. The fourth-order valence-corrected chi connectivity index (χ4v) is 1.79. The fraction of sp³-hybridized carbons (Fsp3) is 0.923. The zero-order valence-electron chi connectivity index (χ0n) is 12.0. The first-order valence-corrected chi connectivity index (χ1v) is 6.26. The minimum absolute atomic E-state index is 0.0391. The van der Waals surface area contributed by atoms with Gasteiger partial charge in [0.15, 0.2) is 5.96 Å². The lowest BCUT2D eigenvalue weighted by molar-refractivity contribution is 0.255. The quantitative estimate of drug-likeness (QED) is 0.719. The summed E-state index contributed by atoms with van der Waals surface area (Å²) in [6.07, 6.45) is 1.07. The predicted octanol–water partition coefficient (Wildman–Crippen LogP) is 2.58. The molecule has 0 atom stereocenters. The smallest absolute Gasteiger partial charge is 0.197 e. The Kier molecular flexibility index (Phi) is 3.56. The number of rotatable bonds is 2. The molecule has 94 valence electrons. The van der Waals surface area contributed by atoms with Crippen molar-refractivity contribution >= 4 is 5.96 Å². The highest BCUT2D eigenvalue weighted by Crippen LogP contribution is 2.23. The first kappa shape index (κ1) is 13.3. The molecule has 1 rings (SSSR count). The van der Waals surface area contributed by atoms with Crippen LogP contribution < -0.4 is 0 Å². The van der Waals surface area contributed by atoms with Gasteiger partial charge in [-0.15, -0.1) is 0 Å². The summed E-state index contributed by atoms with van der Waals surface area (Å²) >= 11 is 0. The maximum Gasteiger partial charge on any atom is 0.197 e.